The standard InChI is InChI=1S/C10H23O4Si/c1-5-9-10-14-15(11-6-2,12-7-3)13-8-4/h1,5-10H2,2-4H3. The van der Waals surface area contributed by atoms with Crippen molar-refractivity contribution in [1.29, 1.82) is 0 Å². The fourth-order valence-electron chi connectivity index (χ4n) is 1.08. The van der Waals surface area contributed by atoms with Crippen molar-refractivity contribution in [3.63, 3.8) is 0 Å². The smallest absolute Gasteiger partial charge is 0.351 e. The molecule has 0 aromatic rings. The van der Waals surface area contributed by atoms with Crippen molar-refractivity contribution >= 4 is 9.05 Å². The molecular formula is C10H23O4Si. The van der Waals surface area contributed by atoms with E-state index in [4.69, 9.17) is 17.7 Å². The first-order valence-corrected chi connectivity index (χ1v) is 7.23. The maximum atomic E-state index is 5.62. The van der Waals surface area contributed by atoms with Crippen LogP contribution in [0.2, 0.25) is 0 Å². The third-order valence-corrected chi connectivity index (χ3v) is 4.12. The van der Waals surface area contributed by atoms with E-state index < -0.39 is 9.05 Å². The quantitative estimate of drug-likeness (QED) is 0.429. The Morgan fingerprint density at radius 1 is 0.867 bits per heavy atom. The summed E-state index contributed by atoms with van der Waals surface area (Å²) in [5.74, 6) is 0. The Morgan fingerprint density at radius 3 is 1.67 bits per heavy atom. The molecule has 0 unspecified atom stereocenters. The van der Waals surface area contributed by atoms with E-state index in [9.17, 15) is 0 Å². The van der Waals surface area contributed by atoms with E-state index in [1.165, 1.54) is 0 Å². The molecule has 91 valence electrons. The first-order chi connectivity index (χ1) is 7.24. The van der Waals surface area contributed by atoms with E-state index >= 15 is 0 Å². The third kappa shape index (κ3) is 6.27. The lowest BCUT2D eigenvalue weighted by Crippen LogP contribution is -2.49. The van der Waals surface area contributed by atoms with Gasteiger partial charge in [0.1, 0.15) is 0 Å². The second kappa shape index (κ2) is 9.29. The molecule has 1 radical (unpaired) electrons. The van der Waals surface area contributed by atoms with Gasteiger partial charge in [0.2, 0.25) is 0 Å². The lowest BCUT2D eigenvalue weighted by atomic mass is 10.4. The van der Waals surface area contributed by atoms with Crippen molar-refractivity contribution < 1.29 is 17.7 Å². The zero-order valence-corrected chi connectivity index (χ0v) is 11.1. The average molecular weight is 235 g/mol. The van der Waals surface area contributed by atoms with Crippen LogP contribution in [-0.2, 0) is 17.7 Å². The Morgan fingerprint density at radius 2 is 1.33 bits per heavy atom. The molecule has 0 bridgehead atoms. The van der Waals surface area contributed by atoms with Crippen molar-refractivity contribution in [2.45, 2.75) is 33.6 Å². The molecule has 0 heterocycles. The van der Waals surface area contributed by atoms with Crippen molar-refractivity contribution in [3.8, 4) is 0 Å². The lowest BCUT2D eigenvalue weighted by molar-refractivity contribution is -0.0277. The molecule has 0 saturated carbocycles. The fraction of sp³-hybridized carbons (Fsp3) is 0.900. The number of hydrogen-bond donors (Lipinski definition) is 0. The van der Waals surface area contributed by atoms with Gasteiger partial charge in [0.05, 0.1) is 0 Å². The molecular weight excluding hydrogens is 212 g/mol. The van der Waals surface area contributed by atoms with E-state index in [-0.39, 0.29) is 0 Å². The summed E-state index contributed by atoms with van der Waals surface area (Å²) in [7, 11) is -2.86. The summed E-state index contributed by atoms with van der Waals surface area (Å²) in [4.78, 5) is 0. The molecule has 5 heteroatoms. The molecule has 0 aliphatic heterocycles. The summed E-state index contributed by atoms with van der Waals surface area (Å²) < 4.78 is 22.2. The van der Waals surface area contributed by atoms with Crippen LogP contribution in [0.4, 0.5) is 0 Å². The van der Waals surface area contributed by atoms with Gasteiger partial charge in [0.15, 0.2) is 0 Å². The van der Waals surface area contributed by atoms with Crippen LogP contribution in [0.25, 0.3) is 0 Å². The molecule has 0 spiro atoms. The first-order valence-electron chi connectivity index (χ1n) is 5.59. The highest BCUT2D eigenvalue weighted by atomic mass is 28.4. The van der Waals surface area contributed by atoms with E-state index in [0.29, 0.717) is 26.4 Å². The minimum atomic E-state index is -2.86. The van der Waals surface area contributed by atoms with Crippen LogP contribution in [0, 0.1) is 6.92 Å². The lowest BCUT2D eigenvalue weighted by Gasteiger charge is -2.26. The molecule has 0 aromatic carbocycles. The van der Waals surface area contributed by atoms with Crippen LogP contribution in [0.3, 0.4) is 0 Å². The van der Waals surface area contributed by atoms with Gasteiger partial charge in [-0.2, -0.15) is 0 Å². The second-order valence-corrected chi connectivity index (χ2v) is 5.01. The number of unbranched alkanes of at least 4 members (excludes halogenated alkanes) is 1. The van der Waals surface area contributed by atoms with E-state index in [1.807, 2.05) is 20.8 Å². The highest BCUT2D eigenvalue weighted by Gasteiger charge is 2.44. The maximum absolute atomic E-state index is 5.62. The summed E-state index contributed by atoms with van der Waals surface area (Å²) in [6.45, 7) is 11.7. The predicted molar refractivity (Wildman–Crippen MR) is 61.2 cm³/mol. The van der Waals surface area contributed by atoms with Crippen LogP contribution in [-0.4, -0.2) is 35.5 Å². The number of hydrogen-bond acceptors (Lipinski definition) is 4. The van der Waals surface area contributed by atoms with Gasteiger partial charge >= 0.3 is 9.05 Å². The van der Waals surface area contributed by atoms with Crippen LogP contribution >= 0.6 is 0 Å². The van der Waals surface area contributed by atoms with Crippen molar-refractivity contribution in [2.75, 3.05) is 26.4 Å². The molecule has 0 aliphatic carbocycles. The van der Waals surface area contributed by atoms with Crippen molar-refractivity contribution in [2.24, 2.45) is 0 Å². The molecule has 0 atom stereocenters. The Balaban J connectivity index is 4.18. The summed E-state index contributed by atoms with van der Waals surface area (Å²) in [5, 5.41) is 0. The van der Waals surface area contributed by atoms with Gasteiger partial charge in [-0.15, -0.1) is 0 Å². The van der Waals surface area contributed by atoms with Gasteiger partial charge in [-0.05, 0) is 27.2 Å². The van der Waals surface area contributed by atoms with Gasteiger partial charge in [0, 0.05) is 26.4 Å². The van der Waals surface area contributed by atoms with Gasteiger partial charge < -0.3 is 17.7 Å². The molecule has 0 fully saturated rings. The first kappa shape index (κ1) is 15.1. The molecule has 0 rings (SSSR count). The Bertz CT molecular complexity index is 126. The zero-order chi connectivity index (χ0) is 11.6. The highest BCUT2D eigenvalue weighted by Crippen LogP contribution is 2.12. The minimum absolute atomic E-state index is 0.538. The highest BCUT2D eigenvalue weighted by molar-refractivity contribution is 6.53. The molecule has 4 nitrogen and oxygen atoms in total. The predicted octanol–water partition coefficient (Wildman–Crippen LogP) is 2.16. The molecule has 15 heavy (non-hydrogen) atoms. The van der Waals surface area contributed by atoms with E-state index in [2.05, 4.69) is 6.92 Å². The van der Waals surface area contributed by atoms with Gasteiger partial charge in [0.25, 0.3) is 0 Å². The van der Waals surface area contributed by atoms with Gasteiger partial charge in [-0.3, -0.25) is 0 Å². The Hall–Kier alpha value is 0.0569. The number of rotatable bonds is 10. The summed E-state index contributed by atoms with van der Waals surface area (Å²) in [6.07, 6.45) is 1.73. The monoisotopic (exact) mass is 235 g/mol. The SMILES string of the molecule is [CH2]CCCO[Si](OCC)(OCC)OCC. The summed E-state index contributed by atoms with van der Waals surface area (Å²) in [5.41, 5.74) is 0. The summed E-state index contributed by atoms with van der Waals surface area (Å²) >= 11 is 0. The van der Waals surface area contributed by atoms with Gasteiger partial charge in [-0.25, -0.2) is 0 Å². The summed E-state index contributed by atoms with van der Waals surface area (Å²) in [6, 6.07) is 0. The Labute approximate surface area is 94.4 Å². The Kier molecular flexibility index (Phi) is 9.33. The van der Waals surface area contributed by atoms with Crippen LogP contribution in [0.1, 0.15) is 33.6 Å². The fourth-order valence-corrected chi connectivity index (χ4v) is 3.03. The van der Waals surface area contributed by atoms with Crippen LogP contribution < -0.4 is 0 Å². The van der Waals surface area contributed by atoms with Crippen molar-refractivity contribution in [1.82, 2.24) is 0 Å². The molecule has 0 aromatic heterocycles. The normalized spacial score (nSPS) is 12.0. The van der Waals surface area contributed by atoms with Crippen LogP contribution in [0.15, 0.2) is 0 Å². The molecule has 0 saturated heterocycles. The van der Waals surface area contributed by atoms with Gasteiger partial charge in [-0.1, -0.05) is 13.3 Å². The van der Waals surface area contributed by atoms with Crippen LogP contribution in [0.5, 0.6) is 0 Å². The topological polar surface area (TPSA) is 36.9 Å². The average Bonchev–Trinajstić information content (AvgIpc) is 2.19. The third-order valence-electron chi connectivity index (χ3n) is 1.64. The second-order valence-electron chi connectivity index (χ2n) is 2.85. The molecule has 0 aliphatic rings. The largest absolute Gasteiger partial charge is 0.679 e. The van der Waals surface area contributed by atoms with E-state index in [1.54, 1.807) is 0 Å². The van der Waals surface area contributed by atoms with E-state index in [0.717, 1.165) is 12.8 Å². The minimum Gasteiger partial charge on any atom is -0.351 e. The molecule has 0 N–H and O–H groups in total. The van der Waals surface area contributed by atoms with Crippen molar-refractivity contribution in [3.05, 3.63) is 6.92 Å². The molecule has 0 amide bonds. The zero-order valence-electron chi connectivity index (χ0n) is 10.1. The maximum Gasteiger partial charge on any atom is 0.679 e.